The molecule has 1 aliphatic rings. The molecule has 8 nitrogen and oxygen atoms in total. The van der Waals surface area contributed by atoms with Gasteiger partial charge in [0.05, 0.1) is 11.9 Å². The van der Waals surface area contributed by atoms with Gasteiger partial charge in [-0.3, -0.25) is 4.98 Å². The van der Waals surface area contributed by atoms with Gasteiger partial charge in [-0.2, -0.15) is 21.8 Å². The first-order valence-corrected chi connectivity index (χ1v) is 7.76. The summed E-state index contributed by atoms with van der Waals surface area (Å²) in [6, 6.07) is 0.167. The van der Waals surface area contributed by atoms with E-state index in [1.165, 1.54) is 12.5 Å². The van der Waals surface area contributed by atoms with E-state index in [1.807, 2.05) is 0 Å². The third kappa shape index (κ3) is 2.48. The quantitative estimate of drug-likeness (QED) is 0.755. The van der Waals surface area contributed by atoms with Crippen LogP contribution in [0, 0.1) is 0 Å². The Morgan fingerprint density at radius 2 is 2.33 bits per heavy atom. The molecule has 2 aromatic rings. The van der Waals surface area contributed by atoms with Gasteiger partial charge in [0.25, 0.3) is 0 Å². The van der Waals surface area contributed by atoms with Crippen LogP contribution in [-0.4, -0.2) is 50.3 Å². The Morgan fingerprint density at radius 3 is 3.00 bits per heavy atom. The first kappa shape index (κ1) is 11.5. The summed E-state index contributed by atoms with van der Waals surface area (Å²) < 4.78 is 29.0. The molecule has 1 aliphatic heterocycles. The van der Waals surface area contributed by atoms with Crippen molar-refractivity contribution in [3.8, 4) is 11.9 Å². The molecule has 0 aromatic carbocycles. The summed E-state index contributed by atoms with van der Waals surface area (Å²) in [5, 5.41) is 6.21. The monoisotopic (exact) mass is 287 g/mol. The lowest BCUT2D eigenvalue weighted by atomic mass is 10.6. The minimum atomic E-state index is -3.37. The predicted molar refractivity (Wildman–Crippen MR) is 63.3 cm³/mol. The second kappa shape index (κ2) is 4.28. The van der Waals surface area contributed by atoms with E-state index in [4.69, 9.17) is 4.74 Å². The number of hydrogen-bond acceptors (Lipinski definition) is 7. The lowest BCUT2D eigenvalue weighted by molar-refractivity contribution is 0.427. The van der Waals surface area contributed by atoms with Crippen LogP contribution in [0.1, 0.15) is 0 Å². The second-order valence-corrected chi connectivity index (χ2v) is 6.96. The van der Waals surface area contributed by atoms with Crippen molar-refractivity contribution in [2.45, 2.75) is 10.4 Å². The van der Waals surface area contributed by atoms with Crippen LogP contribution in [-0.2, 0) is 9.84 Å². The van der Waals surface area contributed by atoms with Gasteiger partial charge in [-0.15, -0.1) is 0 Å². The molecule has 2 N–H and O–H groups in total. The third-order valence-electron chi connectivity index (χ3n) is 2.23. The zero-order chi connectivity index (χ0) is 12.6. The summed E-state index contributed by atoms with van der Waals surface area (Å²) in [4.78, 5) is 10.2. The van der Waals surface area contributed by atoms with Crippen molar-refractivity contribution in [2.24, 2.45) is 0 Å². The van der Waals surface area contributed by atoms with Crippen molar-refractivity contribution in [3.05, 3.63) is 12.5 Å². The number of nitrogens with zero attached hydrogens (tertiary/aromatic N) is 3. The zero-order valence-electron chi connectivity index (χ0n) is 9.03. The van der Waals surface area contributed by atoms with Crippen molar-refractivity contribution in [1.82, 2.24) is 25.1 Å². The summed E-state index contributed by atoms with van der Waals surface area (Å²) in [5.74, 6) is 1.20. The highest BCUT2D eigenvalue weighted by Gasteiger charge is 2.31. The average molecular weight is 287 g/mol. The Kier molecular flexibility index (Phi) is 2.74. The topological polar surface area (TPSA) is 114 Å². The van der Waals surface area contributed by atoms with Gasteiger partial charge in [0, 0.05) is 11.0 Å². The van der Waals surface area contributed by atoms with Gasteiger partial charge in [0.15, 0.2) is 0 Å². The van der Waals surface area contributed by atoms with E-state index in [1.54, 1.807) is 11.8 Å². The molecule has 1 atom stereocenters. The maximum Gasteiger partial charge on any atom is 0.318 e. The number of imidazole rings is 1. The van der Waals surface area contributed by atoms with Crippen molar-refractivity contribution in [2.75, 3.05) is 11.5 Å². The molecule has 0 radical (unpaired) electrons. The lowest BCUT2D eigenvalue weighted by Crippen LogP contribution is -2.12. The van der Waals surface area contributed by atoms with Gasteiger partial charge in [0.2, 0.25) is 20.9 Å². The fraction of sp³-hybridized carbons (Fsp3) is 0.375. The number of aromatic amines is 2. The van der Waals surface area contributed by atoms with E-state index in [2.05, 4.69) is 25.1 Å². The van der Waals surface area contributed by atoms with Crippen LogP contribution in [0.2, 0.25) is 0 Å². The molecule has 0 bridgehead atoms. The Labute approximate surface area is 106 Å². The van der Waals surface area contributed by atoms with E-state index < -0.39 is 9.84 Å². The molecule has 0 spiro atoms. The molecule has 3 rings (SSSR count). The molecular formula is C8H9N5O3S2. The molecule has 2 aromatic heterocycles. The number of nitrogens with one attached hydrogen (secondary N) is 2. The Bertz CT molecular complexity index is 632. The first-order chi connectivity index (χ1) is 8.63. The second-order valence-electron chi connectivity index (χ2n) is 3.68. The van der Waals surface area contributed by atoms with E-state index in [0.29, 0.717) is 0 Å². The highest BCUT2D eigenvalue weighted by Crippen LogP contribution is 2.32. The van der Waals surface area contributed by atoms with Gasteiger partial charge >= 0.3 is 6.01 Å². The summed E-state index contributed by atoms with van der Waals surface area (Å²) in [5.41, 5.74) is 0. The molecule has 0 saturated carbocycles. The Hall–Kier alpha value is -1.55. The van der Waals surface area contributed by atoms with Crippen LogP contribution in [0.3, 0.4) is 0 Å². The lowest BCUT2D eigenvalue weighted by Gasteiger charge is -1.98. The normalized spacial score (nSPS) is 18.8. The van der Waals surface area contributed by atoms with Crippen LogP contribution in [0.5, 0.6) is 11.9 Å². The smallest absolute Gasteiger partial charge is 0.318 e. The fourth-order valence-corrected chi connectivity index (χ4v) is 3.89. The van der Waals surface area contributed by atoms with Gasteiger partial charge in [-0.25, -0.2) is 18.5 Å². The third-order valence-corrected chi connectivity index (χ3v) is 5.05. The van der Waals surface area contributed by atoms with E-state index in [-0.39, 0.29) is 28.0 Å². The zero-order valence-corrected chi connectivity index (χ0v) is 10.7. The van der Waals surface area contributed by atoms with Crippen molar-refractivity contribution in [1.29, 1.82) is 0 Å². The van der Waals surface area contributed by atoms with E-state index in [9.17, 15) is 8.42 Å². The van der Waals surface area contributed by atoms with Gasteiger partial charge in [-0.1, -0.05) is 0 Å². The largest absolute Gasteiger partial charge is 0.406 e. The van der Waals surface area contributed by atoms with Crippen molar-refractivity contribution in [3.63, 3.8) is 0 Å². The van der Waals surface area contributed by atoms with Crippen molar-refractivity contribution >= 4 is 21.6 Å². The standard InChI is InChI=1S/C8H9N5O3S2/c14-18(15,3-5-2-17-5)8-9-1-6(12-8)16-7-10-4-11-13-7/h1,4-5H,2-3H2,(H,9,12)(H,10,11,13). The molecule has 18 heavy (non-hydrogen) atoms. The number of H-pyrrole nitrogens is 2. The molecule has 0 amide bonds. The molecule has 1 fully saturated rings. The molecular weight excluding hydrogens is 278 g/mol. The van der Waals surface area contributed by atoms with Crippen LogP contribution in [0.15, 0.2) is 17.7 Å². The first-order valence-electron chi connectivity index (χ1n) is 5.06. The SMILES string of the molecule is O=S(=O)(CC1CS1)c1ncc(Oc2ncn[nH]2)[nH]1. The van der Waals surface area contributed by atoms with Crippen molar-refractivity contribution < 1.29 is 13.2 Å². The van der Waals surface area contributed by atoms with Crippen LogP contribution >= 0.6 is 11.8 Å². The van der Waals surface area contributed by atoms with Gasteiger partial charge in [-0.05, 0) is 0 Å². The average Bonchev–Trinajstić information content (AvgIpc) is 2.84. The number of sulfone groups is 1. The predicted octanol–water partition coefficient (Wildman–Crippen LogP) is 0.209. The number of rotatable bonds is 5. The van der Waals surface area contributed by atoms with Gasteiger partial charge < -0.3 is 4.74 Å². The maximum absolute atomic E-state index is 11.9. The summed E-state index contributed by atoms with van der Waals surface area (Å²) in [6.07, 6.45) is 2.59. The molecule has 10 heteroatoms. The maximum atomic E-state index is 11.9. The summed E-state index contributed by atoms with van der Waals surface area (Å²) in [6.45, 7) is 0. The number of thioether (sulfide) groups is 1. The van der Waals surface area contributed by atoms with Crippen LogP contribution < -0.4 is 4.74 Å². The summed E-state index contributed by atoms with van der Waals surface area (Å²) >= 11 is 1.63. The molecule has 1 saturated heterocycles. The van der Waals surface area contributed by atoms with E-state index >= 15 is 0 Å². The van der Waals surface area contributed by atoms with Crippen LogP contribution in [0.25, 0.3) is 0 Å². The molecule has 3 heterocycles. The minimum absolute atomic E-state index is 0.0792. The fourth-order valence-electron chi connectivity index (χ4n) is 1.33. The number of ether oxygens (including phenoxy) is 1. The minimum Gasteiger partial charge on any atom is -0.406 e. The van der Waals surface area contributed by atoms with E-state index in [0.717, 1.165) is 5.75 Å². The van der Waals surface area contributed by atoms with Crippen LogP contribution in [0.4, 0.5) is 0 Å². The number of hydrogen-bond donors (Lipinski definition) is 2. The summed E-state index contributed by atoms with van der Waals surface area (Å²) in [7, 11) is -3.37. The molecule has 1 unspecified atom stereocenters. The molecule has 0 aliphatic carbocycles. The highest BCUT2D eigenvalue weighted by molar-refractivity contribution is 8.08. The highest BCUT2D eigenvalue weighted by atomic mass is 32.2. The van der Waals surface area contributed by atoms with Gasteiger partial charge in [0.1, 0.15) is 6.33 Å². The number of aromatic nitrogens is 5. The Balaban J connectivity index is 1.76. The Morgan fingerprint density at radius 1 is 1.50 bits per heavy atom. The molecule has 96 valence electrons.